The fourth-order valence-corrected chi connectivity index (χ4v) is 5.04. The van der Waals surface area contributed by atoms with Crippen molar-refractivity contribution in [2.24, 2.45) is 0 Å². The second kappa shape index (κ2) is 9.24. The lowest BCUT2D eigenvalue weighted by Gasteiger charge is -2.13. The number of rotatable bonds is 5. The topological polar surface area (TPSA) is 77.6 Å². The van der Waals surface area contributed by atoms with Gasteiger partial charge in [-0.15, -0.1) is 5.10 Å². The van der Waals surface area contributed by atoms with Gasteiger partial charge in [0.2, 0.25) is 5.91 Å². The van der Waals surface area contributed by atoms with Gasteiger partial charge in [-0.25, -0.2) is 18.4 Å². The van der Waals surface area contributed by atoms with Crippen molar-refractivity contribution in [3.8, 4) is 28.1 Å². The summed E-state index contributed by atoms with van der Waals surface area (Å²) >= 11 is 0. The zero-order valence-electron chi connectivity index (χ0n) is 20.2. The third kappa shape index (κ3) is 4.48. The van der Waals surface area contributed by atoms with Crippen LogP contribution in [0.15, 0.2) is 67.1 Å². The smallest absolute Gasteiger partial charge is 0.221 e. The number of imidazole rings is 1. The Bertz CT molecular complexity index is 1630. The second-order valence-electron chi connectivity index (χ2n) is 9.41. The van der Waals surface area contributed by atoms with Gasteiger partial charge < -0.3 is 5.32 Å². The number of hydrogen-bond acceptors (Lipinski definition) is 4. The predicted molar refractivity (Wildman–Crippen MR) is 137 cm³/mol. The first-order valence-corrected chi connectivity index (χ1v) is 12.2. The number of fused-ring (bicyclic) bond motifs is 1. The van der Waals surface area contributed by atoms with E-state index in [1.54, 1.807) is 24.5 Å². The lowest BCUT2D eigenvalue weighted by molar-refractivity contribution is -0.114. The summed E-state index contributed by atoms with van der Waals surface area (Å²) in [5.41, 5.74) is 5.20. The van der Waals surface area contributed by atoms with Gasteiger partial charge in [0.25, 0.3) is 0 Å². The Labute approximate surface area is 211 Å². The summed E-state index contributed by atoms with van der Waals surface area (Å²) < 4.78 is 31.9. The molecule has 1 fully saturated rings. The minimum absolute atomic E-state index is 0.229. The molecule has 0 aliphatic heterocycles. The summed E-state index contributed by atoms with van der Waals surface area (Å²) in [5, 5.41) is 11.5. The summed E-state index contributed by atoms with van der Waals surface area (Å²) in [6, 6.07) is 15.0. The highest BCUT2D eigenvalue weighted by Gasteiger charge is 2.19. The fraction of sp³-hybridized carbons (Fsp3) is 0.214. The van der Waals surface area contributed by atoms with Crippen molar-refractivity contribution in [2.75, 3.05) is 5.32 Å². The maximum atomic E-state index is 14.6. The molecule has 1 amide bonds. The van der Waals surface area contributed by atoms with Crippen LogP contribution in [-0.4, -0.2) is 30.5 Å². The molecule has 186 valence electrons. The third-order valence-corrected chi connectivity index (χ3v) is 6.81. The van der Waals surface area contributed by atoms with E-state index in [1.165, 1.54) is 31.9 Å². The van der Waals surface area contributed by atoms with E-state index in [1.807, 2.05) is 33.6 Å². The van der Waals surface area contributed by atoms with E-state index in [-0.39, 0.29) is 11.5 Å². The Morgan fingerprint density at radius 2 is 1.84 bits per heavy atom. The lowest BCUT2D eigenvalue weighted by Crippen LogP contribution is -2.07. The minimum atomic E-state index is -0.684. The molecule has 0 spiro atoms. The first-order chi connectivity index (χ1) is 17.9. The summed E-state index contributed by atoms with van der Waals surface area (Å²) in [5.74, 6) is -1.59. The molecule has 9 heteroatoms. The maximum Gasteiger partial charge on any atom is 0.221 e. The quantitative estimate of drug-likeness (QED) is 0.308. The number of anilines is 1. The Hall–Kier alpha value is -4.40. The van der Waals surface area contributed by atoms with E-state index in [0.717, 1.165) is 41.2 Å². The first kappa shape index (κ1) is 23.0. The number of nitrogens with one attached hydrogen (secondary N) is 1. The van der Waals surface area contributed by atoms with Crippen LogP contribution in [0.1, 0.15) is 38.6 Å². The minimum Gasteiger partial charge on any atom is -0.326 e. The van der Waals surface area contributed by atoms with E-state index in [2.05, 4.69) is 20.6 Å². The Kier molecular flexibility index (Phi) is 5.75. The van der Waals surface area contributed by atoms with Crippen molar-refractivity contribution >= 4 is 22.6 Å². The molecule has 1 N–H and O–H groups in total. The van der Waals surface area contributed by atoms with Gasteiger partial charge in [-0.2, -0.15) is 0 Å². The molecule has 1 aliphatic rings. The average Bonchev–Trinajstić information content (AvgIpc) is 3.63. The van der Waals surface area contributed by atoms with Crippen molar-refractivity contribution in [1.29, 1.82) is 0 Å². The van der Waals surface area contributed by atoms with E-state index in [0.29, 0.717) is 23.0 Å². The van der Waals surface area contributed by atoms with Crippen molar-refractivity contribution < 1.29 is 13.6 Å². The molecular formula is C28H24F2N6O. The zero-order chi connectivity index (χ0) is 25.5. The molecular weight excluding hydrogens is 474 g/mol. The molecule has 0 saturated heterocycles. The summed E-state index contributed by atoms with van der Waals surface area (Å²) in [7, 11) is 0. The summed E-state index contributed by atoms with van der Waals surface area (Å²) in [4.78, 5) is 16.4. The Morgan fingerprint density at radius 1 is 1.00 bits per heavy atom. The van der Waals surface area contributed by atoms with E-state index in [9.17, 15) is 13.6 Å². The zero-order valence-corrected chi connectivity index (χ0v) is 20.2. The molecule has 2 aromatic heterocycles. The maximum absolute atomic E-state index is 14.6. The van der Waals surface area contributed by atoms with Crippen LogP contribution >= 0.6 is 0 Å². The second-order valence-corrected chi connectivity index (χ2v) is 9.41. The molecule has 6 rings (SSSR count). The van der Waals surface area contributed by atoms with Crippen molar-refractivity contribution in [2.45, 2.75) is 38.6 Å². The molecule has 0 bridgehead atoms. The monoisotopic (exact) mass is 498 g/mol. The third-order valence-electron chi connectivity index (χ3n) is 6.81. The van der Waals surface area contributed by atoms with E-state index in [4.69, 9.17) is 0 Å². The predicted octanol–water partition coefficient (Wildman–Crippen LogP) is 6.30. The van der Waals surface area contributed by atoms with Crippen molar-refractivity contribution in [3.05, 3.63) is 78.8 Å². The molecule has 0 unspecified atom stereocenters. The highest BCUT2D eigenvalue weighted by Crippen LogP contribution is 2.32. The SMILES string of the molecule is CC(=O)Nc1cc(-c2ccc(F)cc2F)cc(-n2cnc3cc(-c4cn(C5CCCC5)nn4)ccc32)c1. The highest BCUT2D eigenvalue weighted by molar-refractivity contribution is 5.91. The lowest BCUT2D eigenvalue weighted by atomic mass is 10.0. The number of hydrogen-bond donors (Lipinski definition) is 1. The van der Waals surface area contributed by atoms with Gasteiger partial charge >= 0.3 is 0 Å². The van der Waals surface area contributed by atoms with Crippen LogP contribution in [-0.2, 0) is 4.79 Å². The molecule has 5 aromatic rings. The molecule has 7 nitrogen and oxygen atoms in total. The molecule has 37 heavy (non-hydrogen) atoms. The van der Waals surface area contributed by atoms with Gasteiger partial charge in [0.15, 0.2) is 0 Å². The molecule has 2 heterocycles. The molecule has 1 aliphatic carbocycles. The van der Waals surface area contributed by atoms with Gasteiger partial charge in [0, 0.05) is 35.5 Å². The normalized spacial score (nSPS) is 13.9. The van der Waals surface area contributed by atoms with Crippen LogP contribution in [0.4, 0.5) is 14.5 Å². The number of aromatic nitrogens is 5. The van der Waals surface area contributed by atoms with E-state index >= 15 is 0 Å². The van der Waals surface area contributed by atoms with Crippen LogP contribution in [0.2, 0.25) is 0 Å². The molecule has 0 radical (unpaired) electrons. The molecule has 3 aromatic carbocycles. The standard InChI is InChI=1S/C28H24F2N6O/c1-17(37)32-21-10-19(24-8-7-20(29)13-25(24)30)11-23(14-21)35-16-31-26-12-18(6-9-28(26)35)27-15-36(34-33-27)22-4-2-3-5-22/h6-16,22H,2-5H2,1H3,(H,32,37). The van der Waals surface area contributed by atoms with E-state index < -0.39 is 11.6 Å². The highest BCUT2D eigenvalue weighted by atomic mass is 19.1. The van der Waals surface area contributed by atoms with Crippen molar-refractivity contribution in [3.63, 3.8) is 0 Å². The van der Waals surface area contributed by atoms with Crippen LogP contribution in [0.3, 0.4) is 0 Å². The number of carbonyl (C=O) groups excluding carboxylic acids is 1. The van der Waals surface area contributed by atoms with Crippen LogP contribution in [0.25, 0.3) is 39.1 Å². The number of nitrogens with zero attached hydrogens (tertiary/aromatic N) is 5. The first-order valence-electron chi connectivity index (χ1n) is 12.2. The van der Waals surface area contributed by atoms with Gasteiger partial charge in [0.05, 0.1) is 23.3 Å². The Morgan fingerprint density at radius 3 is 2.62 bits per heavy atom. The molecule has 0 atom stereocenters. The molecule has 1 saturated carbocycles. The largest absolute Gasteiger partial charge is 0.326 e. The number of halogens is 2. The van der Waals surface area contributed by atoms with Crippen LogP contribution in [0, 0.1) is 11.6 Å². The summed E-state index contributed by atoms with van der Waals surface area (Å²) in [6.07, 6.45) is 8.39. The number of benzene rings is 3. The number of carbonyl (C=O) groups is 1. The van der Waals surface area contributed by atoms with Gasteiger partial charge in [-0.3, -0.25) is 9.36 Å². The fourth-order valence-electron chi connectivity index (χ4n) is 5.04. The van der Waals surface area contributed by atoms with Gasteiger partial charge in [0.1, 0.15) is 23.7 Å². The van der Waals surface area contributed by atoms with Gasteiger partial charge in [-0.05, 0) is 60.9 Å². The average molecular weight is 499 g/mol. The summed E-state index contributed by atoms with van der Waals surface area (Å²) in [6.45, 7) is 1.40. The van der Waals surface area contributed by atoms with Crippen molar-refractivity contribution in [1.82, 2.24) is 24.5 Å². The Balaban J connectivity index is 1.40. The van der Waals surface area contributed by atoms with Crippen LogP contribution in [0.5, 0.6) is 0 Å². The van der Waals surface area contributed by atoms with Crippen LogP contribution < -0.4 is 5.32 Å². The van der Waals surface area contributed by atoms with Gasteiger partial charge in [-0.1, -0.05) is 24.1 Å². The number of amides is 1.